The van der Waals surface area contributed by atoms with E-state index in [-0.39, 0.29) is 11.4 Å². The Hall–Kier alpha value is -2.77. The van der Waals surface area contributed by atoms with Gasteiger partial charge in [-0.05, 0) is 24.3 Å². The summed E-state index contributed by atoms with van der Waals surface area (Å²) in [7, 11) is 0. The molecule has 1 heterocycles. The van der Waals surface area contributed by atoms with Crippen LogP contribution in [-0.4, -0.2) is 23.8 Å². The lowest BCUT2D eigenvalue weighted by molar-refractivity contribution is 0.103. The normalized spacial score (nSPS) is 13.8. The average molecular weight is 324 g/mol. The summed E-state index contributed by atoms with van der Waals surface area (Å²) in [6.45, 7) is 1.63. The number of nitrogens with zero attached hydrogens (tertiary/aromatic N) is 2. The number of nitriles is 1. The Kier molecular flexibility index (Phi) is 4.31. The van der Waals surface area contributed by atoms with Gasteiger partial charge in [-0.3, -0.25) is 4.79 Å². The second-order valence-corrected chi connectivity index (χ2v) is 5.53. The standard InChI is InChI=1S/C18H14ClN3O/c19-16-9-5-4-8-14(16)17(23)15(12-20)18(22-10-11-22)21-13-6-2-1-3-7-13/h1-9,21H,10-11H2/b18-15+. The molecule has 1 aliphatic rings. The van der Waals surface area contributed by atoms with Crippen LogP contribution in [0.5, 0.6) is 0 Å². The molecule has 1 saturated heterocycles. The van der Waals surface area contributed by atoms with Crippen molar-refractivity contribution in [3.8, 4) is 6.07 Å². The molecule has 1 aliphatic heterocycles. The number of para-hydroxylation sites is 1. The molecule has 0 aromatic heterocycles. The van der Waals surface area contributed by atoms with Crippen molar-refractivity contribution in [3.63, 3.8) is 0 Å². The molecule has 0 bridgehead atoms. The fourth-order valence-electron chi connectivity index (χ4n) is 2.22. The molecule has 0 unspecified atom stereocenters. The van der Waals surface area contributed by atoms with Gasteiger partial charge in [0.1, 0.15) is 17.5 Å². The van der Waals surface area contributed by atoms with E-state index in [4.69, 9.17) is 11.6 Å². The smallest absolute Gasteiger partial charge is 0.208 e. The molecule has 0 aliphatic carbocycles. The SMILES string of the molecule is N#C/C(C(=O)c1ccccc1Cl)=C(/Nc1ccccc1)N1CC1. The van der Waals surface area contributed by atoms with Gasteiger partial charge in [0.05, 0.1) is 5.02 Å². The first-order chi connectivity index (χ1) is 11.2. The van der Waals surface area contributed by atoms with E-state index in [1.165, 1.54) is 0 Å². The summed E-state index contributed by atoms with van der Waals surface area (Å²) in [6.07, 6.45) is 0. The topological polar surface area (TPSA) is 55.9 Å². The number of anilines is 1. The molecule has 1 fully saturated rings. The van der Waals surface area contributed by atoms with E-state index in [1.807, 2.05) is 41.3 Å². The minimum Gasteiger partial charge on any atom is -0.353 e. The number of carbonyl (C=O) groups excluding carboxylic acids is 1. The predicted molar refractivity (Wildman–Crippen MR) is 90.1 cm³/mol. The molecule has 0 radical (unpaired) electrons. The Labute approximate surface area is 139 Å². The molecule has 4 nitrogen and oxygen atoms in total. The van der Waals surface area contributed by atoms with Gasteiger partial charge < -0.3 is 10.2 Å². The van der Waals surface area contributed by atoms with E-state index < -0.39 is 0 Å². The van der Waals surface area contributed by atoms with Gasteiger partial charge in [-0.1, -0.05) is 41.9 Å². The maximum Gasteiger partial charge on any atom is 0.208 e. The van der Waals surface area contributed by atoms with Crippen molar-refractivity contribution < 1.29 is 4.79 Å². The molecule has 5 heteroatoms. The number of carbonyl (C=O) groups is 1. The van der Waals surface area contributed by atoms with E-state index in [9.17, 15) is 10.1 Å². The van der Waals surface area contributed by atoms with Crippen molar-refractivity contribution in [2.75, 3.05) is 18.4 Å². The Morgan fingerprint density at radius 1 is 1.09 bits per heavy atom. The van der Waals surface area contributed by atoms with Crippen molar-refractivity contribution in [2.45, 2.75) is 0 Å². The molecule has 23 heavy (non-hydrogen) atoms. The fraction of sp³-hybridized carbons (Fsp3) is 0.111. The summed E-state index contributed by atoms with van der Waals surface area (Å²) in [5.41, 5.74) is 1.23. The molecule has 0 atom stereocenters. The highest BCUT2D eigenvalue weighted by atomic mass is 35.5. The van der Waals surface area contributed by atoms with Crippen molar-refractivity contribution in [1.29, 1.82) is 5.26 Å². The van der Waals surface area contributed by atoms with E-state index in [0.717, 1.165) is 18.8 Å². The van der Waals surface area contributed by atoms with Gasteiger partial charge in [0.15, 0.2) is 0 Å². The third-order valence-electron chi connectivity index (χ3n) is 3.49. The van der Waals surface area contributed by atoms with Crippen LogP contribution < -0.4 is 5.32 Å². The minimum absolute atomic E-state index is 0.0689. The van der Waals surface area contributed by atoms with Gasteiger partial charge in [0.25, 0.3) is 0 Å². The molecule has 2 aromatic carbocycles. The first-order valence-electron chi connectivity index (χ1n) is 7.21. The van der Waals surface area contributed by atoms with E-state index in [2.05, 4.69) is 5.32 Å². The summed E-state index contributed by atoms with van der Waals surface area (Å²) < 4.78 is 0. The largest absolute Gasteiger partial charge is 0.353 e. The van der Waals surface area contributed by atoms with Crippen LogP contribution in [0.1, 0.15) is 10.4 Å². The lowest BCUT2D eigenvalue weighted by Crippen LogP contribution is -2.17. The van der Waals surface area contributed by atoms with Crippen LogP contribution in [0, 0.1) is 11.3 Å². The number of Topliss-reactive ketones (excluding diaryl/α,β-unsaturated/α-hetero) is 1. The van der Waals surface area contributed by atoms with Gasteiger partial charge in [-0.15, -0.1) is 0 Å². The Bertz CT molecular complexity index is 805. The number of benzene rings is 2. The van der Waals surface area contributed by atoms with Crippen LogP contribution >= 0.6 is 11.6 Å². The monoisotopic (exact) mass is 323 g/mol. The number of allylic oxidation sites excluding steroid dienone is 1. The van der Waals surface area contributed by atoms with E-state index in [1.54, 1.807) is 24.3 Å². The third kappa shape index (κ3) is 3.36. The molecular formula is C18H14ClN3O. The van der Waals surface area contributed by atoms with Crippen LogP contribution in [0.3, 0.4) is 0 Å². The van der Waals surface area contributed by atoms with Crippen LogP contribution in [0.25, 0.3) is 0 Å². The quantitative estimate of drug-likeness (QED) is 0.394. The second kappa shape index (κ2) is 6.55. The van der Waals surface area contributed by atoms with Crippen LogP contribution in [0.2, 0.25) is 5.02 Å². The van der Waals surface area contributed by atoms with Crippen molar-refractivity contribution in [3.05, 3.63) is 76.6 Å². The fourth-order valence-corrected chi connectivity index (χ4v) is 2.44. The lowest BCUT2D eigenvalue weighted by Gasteiger charge is -2.14. The highest BCUT2D eigenvalue weighted by Crippen LogP contribution is 2.25. The highest BCUT2D eigenvalue weighted by Gasteiger charge is 2.28. The summed E-state index contributed by atoms with van der Waals surface area (Å²) in [5, 5.41) is 13.1. The van der Waals surface area contributed by atoms with Crippen molar-refractivity contribution >= 4 is 23.1 Å². The van der Waals surface area contributed by atoms with E-state index >= 15 is 0 Å². The molecule has 2 aromatic rings. The predicted octanol–water partition coefficient (Wildman–Crippen LogP) is 3.69. The zero-order chi connectivity index (χ0) is 16.2. The van der Waals surface area contributed by atoms with Gasteiger partial charge in [-0.25, -0.2) is 0 Å². The van der Waals surface area contributed by atoms with Crippen LogP contribution in [0.4, 0.5) is 5.69 Å². The van der Waals surface area contributed by atoms with Crippen molar-refractivity contribution in [2.24, 2.45) is 0 Å². The molecule has 1 N–H and O–H groups in total. The van der Waals surface area contributed by atoms with Gasteiger partial charge >= 0.3 is 0 Å². The van der Waals surface area contributed by atoms with Crippen LogP contribution in [-0.2, 0) is 0 Å². The molecular weight excluding hydrogens is 310 g/mol. The maximum atomic E-state index is 12.7. The number of ketones is 1. The number of rotatable bonds is 5. The zero-order valence-corrected chi connectivity index (χ0v) is 13.0. The van der Waals surface area contributed by atoms with E-state index in [0.29, 0.717) is 16.4 Å². The number of hydrogen-bond donors (Lipinski definition) is 1. The van der Waals surface area contributed by atoms with Gasteiger partial charge in [0, 0.05) is 24.3 Å². The molecule has 0 spiro atoms. The summed E-state index contributed by atoms with van der Waals surface area (Å²) >= 11 is 6.09. The highest BCUT2D eigenvalue weighted by molar-refractivity contribution is 6.35. The first kappa shape index (κ1) is 15.1. The van der Waals surface area contributed by atoms with Gasteiger partial charge in [0.2, 0.25) is 5.78 Å². The Morgan fingerprint density at radius 2 is 1.74 bits per heavy atom. The summed E-state index contributed by atoms with van der Waals surface area (Å²) in [6, 6.07) is 18.3. The maximum absolute atomic E-state index is 12.7. The molecule has 0 amide bonds. The summed E-state index contributed by atoms with van der Waals surface area (Å²) in [4.78, 5) is 14.7. The molecule has 0 saturated carbocycles. The third-order valence-corrected chi connectivity index (χ3v) is 3.82. The number of halogens is 1. The lowest BCUT2D eigenvalue weighted by atomic mass is 10.0. The Balaban J connectivity index is 2.01. The second-order valence-electron chi connectivity index (χ2n) is 5.12. The Morgan fingerprint density at radius 3 is 2.35 bits per heavy atom. The number of nitrogens with one attached hydrogen (secondary N) is 1. The van der Waals surface area contributed by atoms with Gasteiger partial charge in [-0.2, -0.15) is 5.26 Å². The molecule has 3 rings (SSSR count). The molecule has 114 valence electrons. The van der Waals surface area contributed by atoms with Crippen molar-refractivity contribution in [1.82, 2.24) is 4.90 Å². The minimum atomic E-state index is -0.372. The first-order valence-corrected chi connectivity index (χ1v) is 7.59. The van der Waals surface area contributed by atoms with Crippen LogP contribution in [0.15, 0.2) is 66.0 Å². The average Bonchev–Trinajstić information content (AvgIpc) is 3.40. The zero-order valence-electron chi connectivity index (χ0n) is 12.3. The number of hydrogen-bond acceptors (Lipinski definition) is 4. The summed E-state index contributed by atoms with van der Waals surface area (Å²) in [5.74, 6) is 0.159.